The summed E-state index contributed by atoms with van der Waals surface area (Å²) >= 11 is 0. The molecule has 2 N–H and O–H groups in total. The third-order valence-corrected chi connectivity index (χ3v) is 2.76. The van der Waals surface area contributed by atoms with Gasteiger partial charge < -0.3 is 10.3 Å². The molecule has 0 spiro atoms. The second-order valence-corrected chi connectivity index (χ2v) is 4.25. The zero-order valence-electron chi connectivity index (χ0n) is 10.6. The minimum absolute atomic E-state index is 0.0108. The number of carbonyl (C=O) groups excluding carboxylic acids is 1. The Morgan fingerprint density at radius 3 is 2.56 bits per heavy atom. The van der Waals surface area contributed by atoms with Crippen molar-refractivity contribution in [3.05, 3.63) is 17.2 Å². The van der Waals surface area contributed by atoms with E-state index in [1.165, 1.54) is 0 Å². The maximum absolute atomic E-state index is 11.7. The third kappa shape index (κ3) is 3.06. The van der Waals surface area contributed by atoms with Crippen LogP contribution in [0.2, 0.25) is 0 Å². The van der Waals surface area contributed by atoms with Crippen LogP contribution in [0.15, 0.2) is 0 Å². The van der Waals surface area contributed by atoms with E-state index < -0.39 is 0 Å². The van der Waals surface area contributed by atoms with Gasteiger partial charge in [0.25, 0.3) is 0 Å². The molecule has 0 fully saturated rings. The van der Waals surface area contributed by atoms with Gasteiger partial charge in [-0.05, 0) is 34.9 Å². The van der Waals surface area contributed by atoms with Crippen molar-refractivity contribution < 1.29 is 4.79 Å². The van der Waals surface area contributed by atoms with Crippen molar-refractivity contribution in [2.24, 2.45) is 0 Å². The van der Waals surface area contributed by atoms with Crippen LogP contribution in [0.25, 0.3) is 0 Å². The van der Waals surface area contributed by atoms with E-state index in [9.17, 15) is 4.79 Å². The van der Waals surface area contributed by atoms with Crippen LogP contribution in [0.5, 0.6) is 0 Å². The van der Waals surface area contributed by atoms with Crippen molar-refractivity contribution >= 4 is 5.91 Å². The molecule has 1 amide bonds. The van der Waals surface area contributed by atoms with Gasteiger partial charge in [0.05, 0.1) is 18.3 Å². The Kier molecular flexibility index (Phi) is 4.06. The summed E-state index contributed by atoms with van der Waals surface area (Å²) in [4.78, 5) is 21.0. The van der Waals surface area contributed by atoms with E-state index in [4.69, 9.17) is 0 Å². The summed E-state index contributed by atoms with van der Waals surface area (Å²) in [6, 6.07) is -0.128. The number of rotatable bonds is 4. The average Bonchev–Trinajstić information content (AvgIpc) is 2.53. The highest BCUT2D eigenvalue weighted by molar-refractivity contribution is 5.81. The van der Waals surface area contributed by atoms with Gasteiger partial charge in [-0.3, -0.25) is 9.69 Å². The topological polar surface area (TPSA) is 61.0 Å². The van der Waals surface area contributed by atoms with Crippen LogP contribution in [0.3, 0.4) is 0 Å². The highest BCUT2D eigenvalue weighted by atomic mass is 16.2. The molecule has 1 atom stereocenters. The first-order valence-corrected chi connectivity index (χ1v) is 5.38. The maximum Gasteiger partial charge on any atom is 0.237 e. The van der Waals surface area contributed by atoms with E-state index in [-0.39, 0.29) is 11.9 Å². The average molecular weight is 224 g/mol. The van der Waals surface area contributed by atoms with Gasteiger partial charge in [-0.2, -0.15) is 0 Å². The molecular weight excluding hydrogens is 204 g/mol. The first-order chi connectivity index (χ1) is 7.41. The van der Waals surface area contributed by atoms with Gasteiger partial charge in [-0.25, -0.2) is 4.98 Å². The molecule has 0 aliphatic heterocycles. The number of hydrogen-bond acceptors (Lipinski definition) is 3. The molecule has 0 saturated heterocycles. The third-order valence-electron chi connectivity index (χ3n) is 2.76. The molecule has 16 heavy (non-hydrogen) atoms. The van der Waals surface area contributed by atoms with Crippen LogP contribution in [0.1, 0.15) is 24.1 Å². The predicted octanol–water partition coefficient (Wildman–Crippen LogP) is 0.593. The number of amides is 1. The van der Waals surface area contributed by atoms with Crippen LogP contribution < -0.4 is 5.32 Å². The lowest BCUT2D eigenvalue weighted by Crippen LogP contribution is -2.41. The van der Waals surface area contributed by atoms with E-state index >= 15 is 0 Å². The molecule has 90 valence electrons. The molecule has 5 nitrogen and oxygen atoms in total. The number of H-pyrrole nitrogens is 1. The number of aryl methyl sites for hydroxylation is 2. The van der Waals surface area contributed by atoms with Gasteiger partial charge in [-0.1, -0.05) is 0 Å². The summed E-state index contributed by atoms with van der Waals surface area (Å²) in [7, 11) is 3.76. The number of likely N-dealkylation sites (N-methyl/N-ethyl adjacent to an activating group) is 1. The molecule has 1 rings (SSSR count). The molecule has 1 aromatic rings. The van der Waals surface area contributed by atoms with Crippen LogP contribution in [0.4, 0.5) is 0 Å². The number of aromatic amines is 1. The Labute approximate surface area is 96.3 Å². The molecule has 0 aromatic carbocycles. The SMILES string of the molecule is Cc1nc(CNC(=O)[C@@H](C)N(C)C)[nH]c1C. The summed E-state index contributed by atoms with van der Waals surface area (Å²) < 4.78 is 0. The first-order valence-electron chi connectivity index (χ1n) is 5.38. The van der Waals surface area contributed by atoms with E-state index in [0.717, 1.165) is 17.2 Å². The van der Waals surface area contributed by atoms with E-state index in [2.05, 4.69) is 15.3 Å². The molecule has 1 aromatic heterocycles. The van der Waals surface area contributed by atoms with E-state index in [0.29, 0.717) is 6.54 Å². The molecule has 0 radical (unpaired) electrons. The van der Waals surface area contributed by atoms with Crippen molar-refractivity contribution in [2.45, 2.75) is 33.4 Å². The second kappa shape index (κ2) is 5.12. The number of aromatic nitrogens is 2. The van der Waals surface area contributed by atoms with Crippen molar-refractivity contribution in [3.8, 4) is 0 Å². The van der Waals surface area contributed by atoms with E-state index in [1.807, 2.05) is 39.8 Å². The van der Waals surface area contributed by atoms with Crippen molar-refractivity contribution in [2.75, 3.05) is 14.1 Å². The quantitative estimate of drug-likeness (QED) is 0.787. The highest BCUT2D eigenvalue weighted by Gasteiger charge is 2.14. The van der Waals surface area contributed by atoms with Gasteiger partial charge in [0.15, 0.2) is 0 Å². The Hall–Kier alpha value is -1.36. The lowest BCUT2D eigenvalue weighted by atomic mass is 10.3. The molecule has 0 bridgehead atoms. The van der Waals surface area contributed by atoms with Gasteiger partial charge in [0.2, 0.25) is 5.91 Å². The van der Waals surface area contributed by atoms with Gasteiger partial charge in [0, 0.05) is 5.69 Å². The number of nitrogens with zero attached hydrogens (tertiary/aromatic N) is 2. The fourth-order valence-electron chi connectivity index (χ4n) is 1.26. The first kappa shape index (κ1) is 12.7. The molecule has 0 unspecified atom stereocenters. The summed E-state index contributed by atoms with van der Waals surface area (Å²) in [6.45, 7) is 6.23. The Bertz CT molecular complexity index is 351. The fraction of sp³-hybridized carbons (Fsp3) is 0.636. The molecule has 1 heterocycles. The fourth-order valence-corrected chi connectivity index (χ4v) is 1.26. The molecule has 0 aliphatic rings. The Morgan fingerprint density at radius 2 is 2.12 bits per heavy atom. The number of hydrogen-bond donors (Lipinski definition) is 2. The summed E-state index contributed by atoms with van der Waals surface area (Å²) in [6.07, 6.45) is 0. The van der Waals surface area contributed by atoms with Crippen LogP contribution >= 0.6 is 0 Å². The number of imidazole rings is 1. The van der Waals surface area contributed by atoms with Crippen LogP contribution in [-0.4, -0.2) is 40.9 Å². The minimum atomic E-state index is -0.128. The lowest BCUT2D eigenvalue weighted by Gasteiger charge is -2.18. The Balaban J connectivity index is 2.49. The summed E-state index contributed by atoms with van der Waals surface area (Å²) in [5, 5.41) is 2.85. The molecular formula is C11H20N4O. The predicted molar refractivity (Wildman–Crippen MR) is 63.1 cm³/mol. The molecule has 0 aliphatic carbocycles. The standard InChI is InChI=1S/C11H20N4O/c1-7-8(2)14-10(13-7)6-12-11(16)9(3)15(4)5/h9H,6H2,1-5H3,(H,12,16)(H,13,14)/t9-/m1/s1. The van der Waals surface area contributed by atoms with Gasteiger partial charge >= 0.3 is 0 Å². The van der Waals surface area contributed by atoms with Crippen molar-refractivity contribution in [3.63, 3.8) is 0 Å². The highest BCUT2D eigenvalue weighted by Crippen LogP contribution is 2.02. The maximum atomic E-state index is 11.7. The summed E-state index contributed by atoms with van der Waals surface area (Å²) in [5.41, 5.74) is 2.02. The zero-order valence-corrected chi connectivity index (χ0v) is 10.6. The molecule has 5 heteroatoms. The molecule has 0 saturated carbocycles. The van der Waals surface area contributed by atoms with Crippen LogP contribution in [-0.2, 0) is 11.3 Å². The van der Waals surface area contributed by atoms with Crippen molar-refractivity contribution in [1.29, 1.82) is 0 Å². The zero-order chi connectivity index (χ0) is 12.3. The second-order valence-electron chi connectivity index (χ2n) is 4.25. The monoisotopic (exact) mass is 224 g/mol. The Morgan fingerprint density at radius 1 is 1.50 bits per heavy atom. The summed E-state index contributed by atoms with van der Waals surface area (Å²) in [5.74, 6) is 0.811. The van der Waals surface area contributed by atoms with E-state index in [1.54, 1.807) is 0 Å². The van der Waals surface area contributed by atoms with Gasteiger partial charge in [-0.15, -0.1) is 0 Å². The normalized spacial score (nSPS) is 12.9. The van der Waals surface area contributed by atoms with Crippen molar-refractivity contribution in [1.82, 2.24) is 20.2 Å². The largest absolute Gasteiger partial charge is 0.348 e. The number of nitrogens with one attached hydrogen (secondary N) is 2. The lowest BCUT2D eigenvalue weighted by molar-refractivity contribution is -0.125. The minimum Gasteiger partial charge on any atom is -0.348 e. The van der Waals surface area contributed by atoms with Gasteiger partial charge in [0.1, 0.15) is 5.82 Å². The van der Waals surface area contributed by atoms with Crippen LogP contribution in [0, 0.1) is 13.8 Å². The smallest absolute Gasteiger partial charge is 0.237 e. The number of carbonyl (C=O) groups is 1.